The highest BCUT2D eigenvalue weighted by Gasteiger charge is 2.24. The number of benzene rings is 1. The van der Waals surface area contributed by atoms with Crippen molar-refractivity contribution >= 4 is 28.9 Å². The number of hydrogen-bond donors (Lipinski definition) is 2. The molecule has 0 heterocycles. The molecule has 20 heavy (non-hydrogen) atoms. The largest absolute Gasteiger partial charge is 0.397 e. The van der Waals surface area contributed by atoms with Crippen LogP contribution in [0.3, 0.4) is 0 Å². The molecule has 2 atom stereocenters. The fraction of sp³-hybridized carbons (Fsp3) is 0.533. The zero-order chi connectivity index (χ0) is 15.4. The summed E-state index contributed by atoms with van der Waals surface area (Å²) in [5.41, 5.74) is 6.85. The molecule has 1 aromatic carbocycles. The van der Waals surface area contributed by atoms with E-state index in [1.54, 1.807) is 18.2 Å². The summed E-state index contributed by atoms with van der Waals surface area (Å²) < 4.78 is 0. The molecule has 2 unspecified atom stereocenters. The third-order valence-corrected chi connectivity index (χ3v) is 4.21. The molecule has 0 bridgehead atoms. The molecular weight excluding hydrogens is 274 g/mol. The van der Waals surface area contributed by atoms with Crippen LogP contribution >= 0.6 is 11.6 Å². The summed E-state index contributed by atoms with van der Waals surface area (Å²) in [6, 6.07) is 5.20. The summed E-state index contributed by atoms with van der Waals surface area (Å²) in [5, 5.41) is 3.35. The Kier molecular flexibility index (Phi) is 5.84. The number of carbonyl (C=O) groups is 1. The predicted molar refractivity (Wildman–Crippen MR) is 86.0 cm³/mol. The zero-order valence-corrected chi connectivity index (χ0v) is 13.5. The van der Waals surface area contributed by atoms with Crippen LogP contribution in [0.5, 0.6) is 0 Å². The van der Waals surface area contributed by atoms with Crippen molar-refractivity contribution in [3.05, 3.63) is 23.2 Å². The summed E-state index contributed by atoms with van der Waals surface area (Å²) in [6.07, 6.45) is 0. The van der Waals surface area contributed by atoms with Gasteiger partial charge in [-0.3, -0.25) is 9.69 Å². The van der Waals surface area contributed by atoms with Gasteiger partial charge in [0.05, 0.1) is 16.8 Å². The molecule has 0 fully saturated rings. The summed E-state index contributed by atoms with van der Waals surface area (Å²) in [4.78, 5) is 14.3. The average Bonchev–Trinajstić information content (AvgIpc) is 2.40. The molecule has 5 heteroatoms. The van der Waals surface area contributed by atoms with E-state index in [1.165, 1.54) is 0 Å². The van der Waals surface area contributed by atoms with Crippen LogP contribution in [0.15, 0.2) is 18.2 Å². The third-order valence-electron chi connectivity index (χ3n) is 3.86. The van der Waals surface area contributed by atoms with Crippen LogP contribution in [0.4, 0.5) is 11.4 Å². The second-order valence-corrected chi connectivity index (χ2v) is 5.96. The first-order valence-corrected chi connectivity index (χ1v) is 7.19. The van der Waals surface area contributed by atoms with E-state index in [0.29, 0.717) is 28.4 Å². The maximum atomic E-state index is 12.3. The Morgan fingerprint density at radius 2 is 1.90 bits per heavy atom. The quantitative estimate of drug-likeness (QED) is 0.820. The monoisotopic (exact) mass is 297 g/mol. The average molecular weight is 298 g/mol. The Morgan fingerprint density at radius 3 is 2.40 bits per heavy atom. The first-order valence-electron chi connectivity index (χ1n) is 6.81. The minimum atomic E-state index is -0.218. The molecule has 3 N–H and O–H groups in total. The van der Waals surface area contributed by atoms with Gasteiger partial charge in [0.2, 0.25) is 5.91 Å². The van der Waals surface area contributed by atoms with Crippen molar-refractivity contribution in [2.45, 2.75) is 39.8 Å². The van der Waals surface area contributed by atoms with Gasteiger partial charge in [0.25, 0.3) is 0 Å². The minimum absolute atomic E-state index is 0.0540. The number of likely N-dealkylation sites (N-methyl/N-ethyl adjacent to an activating group) is 1. The lowest BCUT2D eigenvalue weighted by atomic mass is 10.0. The predicted octanol–water partition coefficient (Wildman–Crippen LogP) is 3.23. The number of rotatable bonds is 5. The molecule has 1 rings (SSSR count). The summed E-state index contributed by atoms with van der Waals surface area (Å²) in [5.74, 6) is 0.433. The Morgan fingerprint density at radius 1 is 1.30 bits per heavy atom. The molecule has 0 aromatic heterocycles. The number of nitrogens with two attached hydrogens (primary N) is 1. The fourth-order valence-corrected chi connectivity index (χ4v) is 1.99. The Balaban J connectivity index is 2.72. The number of nitrogen functional groups attached to an aromatic ring is 1. The second-order valence-electron chi connectivity index (χ2n) is 5.55. The number of anilines is 2. The van der Waals surface area contributed by atoms with Gasteiger partial charge in [-0.2, -0.15) is 0 Å². The van der Waals surface area contributed by atoms with Gasteiger partial charge < -0.3 is 11.1 Å². The summed E-state index contributed by atoms with van der Waals surface area (Å²) in [7, 11) is 1.96. The van der Waals surface area contributed by atoms with Gasteiger partial charge in [0, 0.05) is 11.7 Å². The van der Waals surface area contributed by atoms with Crippen molar-refractivity contribution in [1.82, 2.24) is 4.90 Å². The van der Waals surface area contributed by atoms with Gasteiger partial charge in [-0.05, 0) is 45.0 Å². The normalized spacial score (nSPS) is 14.4. The molecule has 0 aliphatic rings. The molecule has 4 nitrogen and oxygen atoms in total. The molecule has 1 amide bonds. The number of nitrogens with one attached hydrogen (secondary N) is 1. The van der Waals surface area contributed by atoms with E-state index in [2.05, 4.69) is 31.0 Å². The lowest BCUT2D eigenvalue weighted by Gasteiger charge is -2.32. The number of carbonyl (C=O) groups excluding carboxylic acids is 1. The van der Waals surface area contributed by atoms with E-state index >= 15 is 0 Å². The van der Waals surface area contributed by atoms with Crippen LogP contribution in [-0.2, 0) is 4.79 Å². The number of hydrogen-bond acceptors (Lipinski definition) is 3. The molecule has 0 aliphatic carbocycles. The lowest BCUT2D eigenvalue weighted by Crippen LogP contribution is -2.46. The van der Waals surface area contributed by atoms with Crippen molar-refractivity contribution < 1.29 is 4.79 Å². The first kappa shape index (κ1) is 16.8. The van der Waals surface area contributed by atoms with Gasteiger partial charge in [-0.1, -0.05) is 25.4 Å². The highest BCUT2D eigenvalue weighted by atomic mass is 35.5. The first-order chi connectivity index (χ1) is 9.23. The van der Waals surface area contributed by atoms with Crippen molar-refractivity contribution in [1.29, 1.82) is 0 Å². The standard InChI is InChI=1S/C15H24ClN3O/c1-9(2)10(3)19(5)11(4)15(20)18-12-6-7-13(16)14(17)8-12/h6-11H,17H2,1-5H3,(H,18,20). The SMILES string of the molecule is CC(C)C(C)N(C)C(C)C(=O)Nc1ccc(Cl)c(N)c1. The molecule has 0 aliphatic heterocycles. The molecule has 0 saturated carbocycles. The number of halogens is 1. The van der Waals surface area contributed by atoms with Crippen molar-refractivity contribution in [2.75, 3.05) is 18.1 Å². The van der Waals surface area contributed by atoms with E-state index in [9.17, 15) is 4.79 Å². The van der Waals surface area contributed by atoms with Crippen LogP contribution in [0.25, 0.3) is 0 Å². The topological polar surface area (TPSA) is 58.4 Å². The van der Waals surface area contributed by atoms with E-state index in [-0.39, 0.29) is 11.9 Å². The number of nitrogens with zero attached hydrogens (tertiary/aromatic N) is 1. The van der Waals surface area contributed by atoms with Gasteiger partial charge in [-0.25, -0.2) is 0 Å². The van der Waals surface area contributed by atoms with Gasteiger partial charge in [-0.15, -0.1) is 0 Å². The van der Waals surface area contributed by atoms with Crippen LogP contribution in [0, 0.1) is 5.92 Å². The van der Waals surface area contributed by atoms with Gasteiger partial charge in [0.1, 0.15) is 0 Å². The third kappa shape index (κ3) is 4.12. The molecule has 0 saturated heterocycles. The molecule has 0 spiro atoms. The van der Waals surface area contributed by atoms with E-state index in [0.717, 1.165) is 0 Å². The molecular formula is C15H24ClN3O. The summed E-state index contributed by atoms with van der Waals surface area (Å²) in [6.45, 7) is 8.31. The Hall–Kier alpha value is -1.26. The number of amides is 1. The van der Waals surface area contributed by atoms with Crippen LogP contribution in [-0.4, -0.2) is 29.9 Å². The van der Waals surface area contributed by atoms with Crippen molar-refractivity contribution in [2.24, 2.45) is 5.92 Å². The van der Waals surface area contributed by atoms with Crippen molar-refractivity contribution in [3.63, 3.8) is 0 Å². The molecule has 112 valence electrons. The van der Waals surface area contributed by atoms with Crippen molar-refractivity contribution in [3.8, 4) is 0 Å². The van der Waals surface area contributed by atoms with Crippen LogP contribution < -0.4 is 11.1 Å². The summed E-state index contributed by atoms with van der Waals surface area (Å²) >= 11 is 5.86. The van der Waals surface area contributed by atoms with E-state index in [4.69, 9.17) is 17.3 Å². The maximum Gasteiger partial charge on any atom is 0.241 e. The van der Waals surface area contributed by atoms with E-state index < -0.39 is 0 Å². The highest BCUT2D eigenvalue weighted by molar-refractivity contribution is 6.33. The zero-order valence-electron chi connectivity index (χ0n) is 12.8. The van der Waals surface area contributed by atoms with Gasteiger partial charge in [0.15, 0.2) is 0 Å². The Bertz CT molecular complexity index is 476. The maximum absolute atomic E-state index is 12.3. The fourth-order valence-electron chi connectivity index (χ4n) is 1.88. The van der Waals surface area contributed by atoms with Crippen LogP contribution in [0.2, 0.25) is 5.02 Å². The van der Waals surface area contributed by atoms with Crippen LogP contribution in [0.1, 0.15) is 27.7 Å². The van der Waals surface area contributed by atoms with E-state index in [1.807, 2.05) is 14.0 Å². The molecule has 1 aromatic rings. The smallest absolute Gasteiger partial charge is 0.241 e. The Labute approximate surface area is 126 Å². The lowest BCUT2D eigenvalue weighted by molar-refractivity contribution is -0.121. The highest BCUT2D eigenvalue weighted by Crippen LogP contribution is 2.22. The minimum Gasteiger partial charge on any atom is -0.397 e. The second kappa shape index (κ2) is 6.95. The van der Waals surface area contributed by atoms with Gasteiger partial charge >= 0.3 is 0 Å². The molecule has 0 radical (unpaired) electrons.